The highest BCUT2D eigenvalue weighted by atomic mass is 16.3. The van der Waals surface area contributed by atoms with E-state index in [9.17, 15) is 4.79 Å². The van der Waals surface area contributed by atoms with E-state index >= 15 is 0 Å². The van der Waals surface area contributed by atoms with Crippen LogP contribution in [0.1, 0.15) is 31.2 Å². The standard InChI is InChI=1S/C11H14O2/c12-11(6-9-2-1-3-9)7-10-4-5-13-8-10/h4-5,8-9H,1-3,6-7H2. The highest BCUT2D eigenvalue weighted by molar-refractivity contribution is 5.81. The maximum Gasteiger partial charge on any atom is 0.137 e. The average molecular weight is 178 g/mol. The molecule has 0 saturated heterocycles. The minimum Gasteiger partial charge on any atom is -0.472 e. The lowest BCUT2D eigenvalue weighted by Crippen LogP contribution is -2.16. The highest BCUT2D eigenvalue weighted by Gasteiger charge is 2.20. The van der Waals surface area contributed by atoms with Gasteiger partial charge in [0.1, 0.15) is 5.78 Å². The van der Waals surface area contributed by atoms with Crippen molar-refractivity contribution in [3.05, 3.63) is 24.2 Å². The van der Waals surface area contributed by atoms with Crippen LogP contribution < -0.4 is 0 Å². The fourth-order valence-corrected chi connectivity index (χ4v) is 1.71. The second-order valence-electron chi connectivity index (χ2n) is 3.85. The minimum atomic E-state index is 0.353. The van der Waals surface area contributed by atoms with Gasteiger partial charge in [-0.1, -0.05) is 19.3 Å². The molecule has 0 amide bonds. The van der Waals surface area contributed by atoms with E-state index in [1.807, 2.05) is 6.07 Å². The van der Waals surface area contributed by atoms with Gasteiger partial charge in [0.15, 0.2) is 0 Å². The summed E-state index contributed by atoms with van der Waals surface area (Å²) in [5.74, 6) is 1.03. The minimum absolute atomic E-state index is 0.353. The van der Waals surface area contributed by atoms with Gasteiger partial charge in [-0.25, -0.2) is 0 Å². The summed E-state index contributed by atoms with van der Waals surface area (Å²) in [6.07, 6.45) is 8.39. The van der Waals surface area contributed by atoms with E-state index in [-0.39, 0.29) is 0 Å². The molecule has 1 aromatic heterocycles. The lowest BCUT2D eigenvalue weighted by molar-refractivity contribution is -0.119. The van der Waals surface area contributed by atoms with Crippen LogP contribution in [0.25, 0.3) is 0 Å². The summed E-state index contributed by atoms with van der Waals surface area (Å²) in [7, 11) is 0. The van der Waals surface area contributed by atoms with Gasteiger partial charge in [0.2, 0.25) is 0 Å². The van der Waals surface area contributed by atoms with Gasteiger partial charge in [-0.15, -0.1) is 0 Å². The van der Waals surface area contributed by atoms with E-state index < -0.39 is 0 Å². The number of hydrogen-bond acceptors (Lipinski definition) is 2. The molecule has 2 nitrogen and oxygen atoms in total. The van der Waals surface area contributed by atoms with Gasteiger partial charge in [-0.05, 0) is 17.5 Å². The van der Waals surface area contributed by atoms with E-state index in [1.165, 1.54) is 19.3 Å². The molecule has 70 valence electrons. The Kier molecular flexibility index (Phi) is 2.48. The quantitative estimate of drug-likeness (QED) is 0.709. The van der Waals surface area contributed by atoms with Crippen LogP contribution in [0.15, 0.2) is 23.0 Å². The Morgan fingerprint density at radius 3 is 2.92 bits per heavy atom. The Bertz CT molecular complexity index is 270. The zero-order chi connectivity index (χ0) is 9.10. The molecule has 0 unspecified atom stereocenters. The lowest BCUT2D eigenvalue weighted by Gasteiger charge is -2.24. The summed E-state index contributed by atoms with van der Waals surface area (Å²) in [6.45, 7) is 0. The fourth-order valence-electron chi connectivity index (χ4n) is 1.71. The fraction of sp³-hybridized carbons (Fsp3) is 0.545. The molecule has 1 aromatic rings. The third-order valence-corrected chi connectivity index (χ3v) is 2.72. The second-order valence-corrected chi connectivity index (χ2v) is 3.85. The summed E-state index contributed by atoms with van der Waals surface area (Å²) >= 11 is 0. The summed E-state index contributed by atoms with van der Waals surface area (Å²) < 4.78 is 4.91. The molecule has 2 rings (SSSR count). The van der Waals surface area contributed by atoms with Crippen molar-refractivity contribution >= 4 is 5.78 Å². The Balaban J connectivity index is 1.78. The molecule has 2 heteroatoms. The maximum absolute atomic E-state index is 11.5. The Morgan fingerprint density at radius 2 is 2.38 bits per heavy atom. The van der Waals surface area contributed by atoms with Gasteiger partial charge in [0.25, 0.3) is 0 Å². The maximum atomic E-state index is 11.5. The first-order valence-electron chi connectivity index (χ1n) is 4.87. The van der Waals surface area contributed by atoms with E-state index in [4.69, 9.17) is 4.42 Å². The first-order valence-corrected chi connectivity index (χ1v) is 4.87. The normalized spacial score (nSPS) is 16.9. The van der Waals surface area contributed by atoms with E-state index in [0.29, 0.717) is 18.1 Å². The summed E-state index contributed by atoms with van der Waals surface area (Å²) in [5, 5.41) is 0. The molecular formula is C11H14O2. The van der Waals surface area contributed by atoms with Crippen molar-refractivity contribution in [3.8, 4) is 0 Å². The molecule has 0 bridgehead atoms. The van der Waals surface area contributed by atoms with Crippen molar-refractivity contribution in [3.63, 3.8) is 0 Å². The molecule has 0 aliphatic heterocycles. The molecule has 0 radical (unpaired) electrons. The van der Waals surface area contributed by atoms with Crippen molar-refractivity contribution in [2.75, 3.05) is 0 Å². The van der Waals surface area contributed by atoms with Crippen LogP contribution in [-0.4, -0.2) is 5.78 Å². The zero-order valence-electron chi connectivity index (χ0n) is 7.66. The van der Waals surface area contributed by atoms with Crippen molar-refractivity contribution in [1.82, 2.24) is 0 Å². The Hall–Kier alpha value is -1.05. The Morgan fingerprint density at radius 1 is 1.54 bits per heavy atom. The summed E-state index contributed by atoms with van der Waals surface area (Å²) in [5.41, 5.74) is 1.00. The van der Waals surface area contributed by atoms with Crippen LogP contribution in [0.4, 0.5) is 0 Å². The van der Waals surface area contributed by atoms with Crippen LogP contribution in [0, 0.1) is 5.92 Å². The third kappa shape index (κ3) is 2.20. The largest absolute Gasteiger partial charge is 0.472 e. The van der Waals surface area contributed by atoms with E-state index in [0.717, 1.165) is 12.0 Å². The smallest absolute Gasteiger partial charge is 0.137 e. The lowest BCUT2D eigenvalue weighted by atomic mass is 9.81. The third-order valence-electron chi connectivity index (χ3n) is 2.72. The predicted octanol–water partition coefficient (Wildman–Crippen LogP) is 2.58. The molecule has 1 fully saturated rings. The Labute approximate surface area is 77.9 Å². The van der Waals surface area contributed by atoms with Gasteiger partial charge in [-0.3, -0.25) is 4.79 Å². The topological polar surface area (TPSA) is 30.2 Å². The van der Waals surface area contributed by atoms with Crippen LogP contribution in [0.2, 0.25) is 0 Å². The number of carbonyl (C=O) groups excluding carboxylic acids is 1. The van der Waals surface area contributed by atoms with Crippen molar-refractivity contribution in [1.29, 1.82) is 0 Å². The van der Waals surface area contributed by atoms with E-state index in [1.54, 1.807) is 12.5 Å². The molecule has 1 heterocycles. The predicted molar refractivity (Wildman–Crippen MR) is 49.4 cm³/mol. The van der Waals surface area contributed by atoms with Gasteiger partial charge in [0, 0.05) is 12.8 Å². The van der Waals surface area contributed by atoms with Gasteiger partial charge < -0.3 is 4.42 Å². The van der Waals surface area contributed by atoms with Gasteiger partial charge in [-0.2, -0.15) is 0 Å². The zero-order valence-corrected chi connectivity index (χ0v) is 7.66. The molecule has 0 aromatic carbocycles. The van der Waals surface area contributed by atoms with Gasteiger partial charge in [0.05, 0.1) is 12.5 Å². The molecule has 0 atom stereocenters. The number of rotatable bonds is 4. The van der Waals surface area contributed by atoms with Crippen molar-refractivity contribution < 1.29 is 9.21 Å². The highest BCUT2D eigenvalue weighted by Crippen LogP contribution is 2.29. The number of carbonyl (C=O) groups is 1. The number of hydrogen-bond donors (Lipinski definition) is 0. The molecule has 13 heavy (non-hydrogen) atoms. The first kappa shape index (κ1) is 8.54. The van der Waals surface area contributed by atoms with Crippen LogP contribution in [0.3, 0.4) is 0 Å². The summed E-state index contributed by atoms with van der Waals surface area (Å²) in [6, 6.07) is 1.86. The summed E-state index contributed by atoms with van der Waals surface area (Å²) in [4.78, 5) is 11.5. The number of Topliss-reactive ketones (excluding diaryl/α,β-unsaturated/α-hetero) is 1. The average Bonchev–Trinajstić information content (AvgIpc) is 2.49. The van der Waals surface area contributed by atoms with Crippen LogP contribution >= 0.6 is 0 Å². The molecule has 0 N–H and O–H groups in total. The molecular weight excluding hydrogens is 164 g/mol. The van der Waals surface area contributed by atoms with Crippen molar-refractivity contribution in [2.24, 2.45) is 5.92 Å². The van der Waals surface area contributed by atoms with E-state index in [2.05, 4.69) is 0 Å². The monoisotopic (exact) mass is 178 g/mol. The molecule has 1 aliphatic carbocycles. The molecule has 1 aliphatic rings. The van der Waals surface area contributed by atoms with Crippen LogP contribution in [0.5, 0.6) is 0 Å². The molecule has 0 spiro atoms. The number of ketones is 1. The van der Waals surface area contributed by atoms with Crippen LogP contribution in [-0.2, 0) is 11.2 Å². The second kappa shape index (κ2) is 3.77. The van der Waals surface area contributed by atoms with Gasteiger partial charge >= 0.3 is 0 Å². The molecule has 1 saturated carbocycles. The van der Waals surface area contributed by atoms with Crippen molar-refractivity contribution in [2.45, 2.75) is 32.1 Å². The first-order chi connectivity index (χ1) is 6.34. The number of furan rings is 1. The SMILES string of the molecule is O=C(Cc1ccoc1)CC1CCC1.